The molecule has 1 heterocycles. The number of hydrogen-bond acceptors (Lipinski definition) is 1. The van der Waals surface area contributed by atoms with Gasteiger partial charge in [-0.05, 0) is 0 Å². The minimum absolute atomic E-state index is 0.611. The largest absolute Gasteiger partial charge is 0.333 e. The molecule has 0 aliphatic heterocycles. The van der Waals surface area contributed by atoms with Crippen LogP contribution >= 0.6 is 9.12 Å². The molecule has 5 heteroatoms. The summed E-state index contributed by atoms with van der Waals surface area (Å²) in [5.74, 6) is 0. The van der Waals surface area contributed by atoms with Gasteiger partial charge < -0.3 is 4.57 Å². The minimum Gasteiger partial charge on any atom is -0.333 e. The molecule has 1 rings (SSSR count). The van der Waals surface area contributed by atoms with E-state index in [1.54, 1.807) is 0 Å². The Hall–Kier alpha value is -0.370. The third-order valence-corrected chi connectivity index (χ3v) is 0.125. The third-order valence-electron chi connectivity index (χ3n) is 0.125. The topological polar surface area (TPSA) is 64.4 Å². The predicted octanol–water partition coefficient (Wildman–Crippen LogP) is -0.390. The van der Waals surface area contributed by atoms with E-state index in [9.17, 15) is 0 Å². The minimum atomic E-state index is 0.611. The van der Waals surface area contributed by atoms with E-state index in [0.29, 0.717) is 9.12 Å². The van der Waals surface area contributed by atoms with E-state index in [2.05, 4.69) is 15.6 Å². The zero-order chi connectivity index (χ0) is 4.12. The van der Waals surface area contributed by atoms with E-state index in [0.717, 1.165) is 0 Å². The molecule has 32 valence electrons. The van der Waals surface area contributed by atoms with Crippen LogP contribution in [0.25, 0.3) is 0 Å². The molecule has 0 aromatic carbocycles. The summed E-state index contributed by atoms with van der Waals surface area (Å²) in [6, 6.07) is 0. The average molecular weight is 95.0 g/mol. The van der Waals surface area contributed by atoms with Gasteiger partial charge in [-0.3, -0.25) is 0 Å². The lowest BCUT2D eigenvalue weighted by Crippen LogP contribution is -1.14. The molecule has 1 atom stereocenters. The van der Waals surface area contributed by atoms with Crippen LogP contribution in [0.5, 0.6) is 0 Å². The summed E-state index contributed by atoms with van der Waals surface area (Å²) < 4.78 is 8.28. The molecular formula is H6N3OP. The van der Waals surface area contributed by atoms with Crippen LogP contribution in [0.3, 0.4) is 0 Å². The highest BCUT2D eigenvalue weighted by atomic mass is 31.0. The van der Waals surface area contributed by atoms with Gasteiger partial charge in [0.25, 0.3) is 0 Å². The van der Waals surface area contributed by atoms with Crippen LogP contribution in [0, 0.1) is 0 Å². The summed E-state index contributed by atoms with van der Waals surface area (Å²) in [7, 11) is 0.611. The number of aromatic nitrogens is 3. The van der Waals surface area contributed by atoms with Gasteiger partial charge in [0.15, 0.2) is 0 Å². The van der Waals surface area contributed by atoms with Gasteiger partial charge in [0.05, 0.1) is 9.12 Å². The zero-order valence-corrected chi connectivity index (χ0v) is 4.03. The monoisotopic (exact) mass is 95.0 g/mol. The van der Waals surface area contributed by atoms with Crippen LogP contribution in [-0.2, 0) is 4.57 Å². The van der Waals surface area contributed by atoms with Crippen LogP contribution in [-0.4, -0.2) is 15.6 Å². The Morgan fingerprint density at radius 2 is 1.20 bits per heavy atom. The normalized spacial score (nSPS) is 6.40. The fourth-order valence-corrected chi connectivity index (χ4v) is 0. The van der Waals surface area contributed by atoms with Crippen LogP contribution in [0.4, 0.5) is 0 Å². The quantitative estimate of drug-likeness (QED) is 0.377. The Bertz CT molecular complexity index is 44.0. The first-order valence-corrected chi connectivity index (χ1v) is 1.62. The zero-order valence-electron chi connectivity index (χ0n) is 2.62. The van der Waals surface area contributed by atoms with Gasteiger partial charge in [0.1, 0.15) is 0 Å². The molecule has 0 spiro atoms. The van der Waals surface area contributed by atoms with Gasteiger partial charge in [-0.25, -0.2) is 15.6 Å². The van der Waals surface area contributed by atoms with Crippen LogP contribution in [0.15, 0.2) is 0 Å². The molecule has 4 nitrogen and oxygen atoms in total. The maximum atomic E-state index is 8.28. The summed E-state index contributed by atoms with van der Waals surface area (Å²) in [5.41, 5.74) is 0. The van der Waals surface area contributed by atoms with Crippen LogP contribution < -0.4 is 0 Å². The summed E-state index contributed by atoms with van der Waals surface area (Å²) >= 11 is 0. The Morgan fingerprint density at radius 3 is 1.20 bits per heavy atom. The smallest absolute Gasteiger partial charge is 0.0527 e. The molecule has 3 N–H and O–H groups in total. The molecule has 0 saturated heterocycles. The second-order valence-corrected chi connectivity index (χ2v) is 0.375. The van der Waals surface area contributed by atoms with Crippen molar-refractivity contribution in [3.63, 3.8) is 0 Å². The summed E-state index contributed by atoms with van der Waals surface area (Å²) in [5, 5.41) is 7.50. The molecule has 0 aliphatic carbocycles. The van der Waals surface area contributed by atoms with Crippen molar-refractivity contribution < 1.29 is 4.57 Å². The molecule has 0 aliphatic rings. The maximum absolute atomic E-state index is 8.28. The highest BCUT2D eigenvalue weighted by Crippen LogP contribution is 1.31. The van der Waals surface area contributed by atoms with Crippen molar-refractivity contribution in [2.24, 2.45) is 0 Å². The molecule has 1 aromatic rings. The van der Waals surface area contributed by atoms with Crippen molar-refractivity contribution in [3.05, 3.63) is 0 Å². The first-order valence-electron chi connectivity index (χ1n) is 1.04. The third kappa shape index (κ3) is 24.3. The molecule has 0 saturated carbocycles. The summed E-state index contributed by atoms with van der Waals surface area (Å²) in [4.78, 5) is 0. The van der Waals surface area contributed by atoms with E-state index in [-0.39, 0.29) is 0 Å². The molecular weight excluding hydrogens is 89.0 g/mol. The molecule has 1 unspecified atom stereocenters. The van der Waals surface area contributed by atoms with E-state index in [1.807, 2.05) is 0 Å². The molecule has 0 fully saturated rings. The second kappa shape index (κ2) is 3.63. The standard InChI is InChI=1S/H3N3.H3OP/c1-2-3-1;1-2/h1-3H;2H3. The Labute approximate surface area is 30.5 Å². The Balaban J connectivity index is 0.0000000733. The first-order chi connectivity index (χ1) is 2.50. The Morgan fingerprint density at radius 1 is 1.00 bits per heavy atom. The van der Waals surface area contributed by atoms with E-state index < -0.39 is 0 Å². The predicted molar refractivity (Wildman–Crippen MR) is 21.3 cm³/mol. The van der Waals surface area contributed by atoms with E-state index >= 15 is 0 Å². The first kappa shape index (κ1) is 4.63. The number of rotatable bonds is 0. The lowest BCUT2D eigenvalue weighted by Gasteiger charge is -1.03. The second-order valence-electron chi connectivity index (χ2n) is 0.375. The van der Waals surface area contributed by atoms with Gasteiger partial charge in [-0.2, -0.15) is 0 Å². The van der Waals surface area contributed by atoms with Crippen molar-refractivity contribution in [1.29, 1.82) is 0 Å². The van der Waals surface area contributed by atoms with Gasteiger partial charge in [0, 0.05) is 0 Å². The highest BCUT2D eigenvalue weighted by Gasteiger charge is 1.42. The maximum Gasteiger partial charge on any atom is 0.0527 e. The van der Waals surface area contributed by atoms with Gasteiger partial charge in [-0.1, -0.05) is 0 Å². The van der Waals surface area contributed by atoms with Gasteiger partial charge in [0.2, 0.25) is 0 Å². The fourth-order valence-electron chi connectivity index (χ4n) is 0. The van der Waals surface area contributed by atoms with Gasteiger partial charge in [-0.15, -0.1) is 0 Å². The molecule has 0 amide bonds. The fraction of sp³-hybridized carbons (Fsp3) is 0. The number of H-pyrrole nitrogens is 3. The van der Waals surface area contributed by atoms with Crippen LogP contribution in [0.1, 0.15) is 0 Å². The van der Waals surface area contributed by atoms with Crippen LogP contribution in [0.2, 0.25) is 0 Å². The molecule has 0 radical (unpaired) electrons. The van der Waals surface area contributed by atoms with E-state index in [4.69, 9.17) is 4.57 Å². The van der Waals surface area contributed by atoms with Gasteiger partial charge >= 0.3 is 0 Å². The van der Waals surface area contributed by atoms with Crippen molar-refractivity contribution in [1.82, 2.24) is 15.6 Å². The van der Waals surface area contributed by atoms with Crippen molar-refractivity contribution >= 4 is 9.12 Å². The van der Waals surface area contributed by atoms with Crippen molar-refractivity contribution in [3.8, 4) is 0 Å². The summed E-state index contributed by atoms with van der Waals surface area (Å²) in [6.07, 6.45) is 0. The summed E-state index contributed by atoms with van der Waals surface area (Å²) in [6.45, 7) is 0. The van der Waals surface area contributed by atoms with E-state index in [1.165, 1.54) is 0 Å². The molecule has 0 bridgehead atoms. The molecule has 5 heavy (non-hydrogen) atoms. The van der Waals surface area contributed by atoms with Crippen molar-refractivity contribution in [2.75, 3.05) is 0 Å². The highest BCUT2D eigenvalue weighted by molar-refractivity contribution is 7.00. The average Bonchev–Trinajstić information content (AvgIpc) is 2.19. The number of aromatic amines is 3. The number of nitrogens with one attached hydrogen (secondary N) is 3. The Kier molecular flexibility index (Phi) is 3.36. The lowest BCUT2D eigenvalue weighted by molar-refractivity contribution is 0.607. The number of hydrogen-bond donors (Lipinski definition) is 3. The molecule has 1 aromatic heterocycles. The SMILES string of the molecule is O=[PH3].[nH]1[nH][nH]1. The lowest BCUT2D eigenvalue weighted by atomic mass is 13.2. The van der Waals surface area contributed by atoms with Crippen molar-refractivity contribution in [2.45, 2.75) is 0 Å².